The van der Waals surface area contributed by atoms with Crippen LogP contribution in [0.25, 0.3) is 0 Å². The molecule has 1 aromatic rings. The van der Waals surface area contributed by atoms with Gasteiger partial charge in [0.05, 0.1) is 0 Å². The first-order chi connectivity index (χ1) is 13.6. The van der Waals surface area contributed by atoms with Crippen molar-refractivity contribution in [3.05, 3.63) is 24.3 Å². The normalized spacial score (nSPS) is 35.5. The summed E-state index contributed by atoms with van der Waals surface area (Å²) in [5, 5.41) is 2.83. The zero-order valence-corrected chi connectivity index (χ0v) is 21.8. The molecule has 1 nitrogen and oxygen atoms in total. The van der Waals surface area contributed by atoms with Gasteiger partial charge in [0, 0.05) is 16.6 Å². The maximum absolute atomic E-state index is 15.1. The zero-order valence-electron chi connectivity index (χ0n) is 20.1. The fourth-order valence-corrected chi connectivity index (χ4v) is 15.9. The quantitative estimate of drug-likeness (QED) is 0.425. The third-order valence-corrected chi connectivity index (χ3v) is 16.9. The average Bonchev–Trinajstić information content (AvgIpc) is 3.24. The van der Waals surface area contributed by atoms with Gasteiger partial charge in [0.1, 0.15) is 7.14 Å². The van der Waals surface area contributed by atoms with E-state index in [1.54, 1.807) is 0 Å². The summed E-state index contributed by atoms with van der Waals surface area (Å²) in [6.45, 7) is 18.9. The lowest BCUT2D eigenvalue weighted by molar-refractivity contribution is 0.536. The van der Waals surface area contributed by atoms with E-state index in [1.165, 1.54) is 23.5 Å². The Bertz CT molecular complexity index is 700. The van der Waals surface area contributed by atoms with Gasteiger partial charge in [-0.1, -0.05) is 87.6 Å². The molecule has 2 heterocycles. The van der Waals surface area contributed by atoms with Crippen molar-refractivity contribution < 1.29 is 4.57 Å². The lowest BCUT2D eigenvalue weighted by Gasteiger charge is -2.37. The first-order valence-corrected chi connectivity index (χ1v) is 15.4. The minimum Gasteiger partial charge on any atom is -0.318 e. The standard InChI is InChI=1S/C26H44OP2/c1-17(2)21-13-14-22(18(3)4)28(21)23-11-9-10-12-26(23)29(27)24(19(5)6)15-16-25(29)20(7)8/h9-12,17-22,24-25H,13-16H2,1-8H3. The number of hydrogen-bond acceptors (Lipinski definition) is 1. The van der Waals surface area contributed by atoms with Gasteiger partial charge >= 0.3 is 0 Å². The van der Waals surface area contributed by atoms with Crippen LogP contribution in [0.4, 0.5) is 0 Å². The highest BCUT2D eigenvalue weighted by Crippen LogP contribution is 2.68. The van der Waals surface area contributed by atoms with Crippen LogP contribution in [0.15, 0.2) is 24.3 Å². The van der Waals surface area contributed by atoms with Crippen molar-refractivity contribution in [2.75, 3.05) is 0 Å². The highest BCUT2D eigenvalue weighted by atomic mass is 31.2. The van der Waals surface area contributed by atoms with Gasteiger partial charge in [0.15, 0.2) is 0 Å². The fraction of sp³-hybridized carbons (Fsp3) is 0.769. The molecule has 0 N–H and O–H groups in total. The van der Waals surface area contributed by atoms with E-state index in [0.717, 1.165) is 24.2 Å². The van der Waals surface area contributed by atoms with Crippen LogP contribution in [-0.4, -0.2) is 22.6 Å². The predicted octanol–water partition coefficient (Wildman–Crippen LogP) is 7.47. The largest absolute Gasteiger partial charge is 0.318 e. The molecule has 3 heteroatoms. The van der Waals surface area contributed by atoms with E-state index in [9.17, 15) is 0 Å². The average molecular weight is 435 g/mol. The maximum atomic E-state index is 15.1. The van der Waals surface area contributed by atoms with E-state index in [0.29, 0.717) is 35.0 Å². The second-order valence-electron chi connectivity index (χ2n) is 11.0. The summed E-state index contributed by atoms with van der Waals surface area (Å²) in [6, 6.07) is 9.09. The van der Waals surface area contributed by atoms with Crippen molar-refractivity contribution in [2.24, 2.45) is 23.7 Å². The van der Waals surface area contributed by atoms with Crippen LogP contribution in [0.2, 0.25) is 0 Å². The summed E-state index contributed by atoms with van der Waals surface area (Å²) < 4.78 is 15.1. The number of rotatable bonds is 6. The summed E-state index contributed by atoms with van der Waals surface area (Å²) in [6.07, 6.45) is 4.99. The summed E-state index contributed by atoms with van der Waals surface area (Å²) in [5.74, 6) is 2.42. The Hall–Kier alpha value is -0.120. The minimum atomic E-state index is -2.44. The molecule has 2 aliphatic rings. The number of benzene rings is 1. The highest BCUT2D eigenvalue weighted by molar-refractivity contribution is 7.77. The van der Waals surface area contributed by atoms with E-state index >= 15 is 4.57 Å². The third-order valence-electron chi connectivity index (χ3n) is 7.83. The first-order valence-electron chi connectivity index (χ1n) is 12.1. The van der Waals surface area contributed by atoms with Crippen molar-refractivity contribution >= 4 is 25.7 Å². The Balaban J connectivity index is 2.18. The van der Waals surface area contributed by atoms with Crippen LogP contribution < -0.4 is 10.6 Å². The van der Waals surface area contributed by atoms with Gasteiger partial charge in [-0.25, -0.2) is 0 Å². The van der Waals surface area contributed by atoms with E-state index < -0.39 is 7.14 Å². The van der Waals surface area contributed by atoms with Gasteiger partial charge in [0.25, 0.3) is 0 Å². The van der Waals surface area contributed by atoms with Crippen molar-refractivity contribution in [2.45, 2.75) is 104 Å². The topological polar surface area (TPSA) is 17.1 Å². The maximum Gasteiger partial charge on any atom is 0.122 e. The van der Waals surface area contributed by atoms with Gasteiger partial charge < -0.3 is 4.57 Å². The molecule has 4 unspecified atom stereocenters. The van der Waals surface area contributed by atoms with Crippen LogP contribution >= 0.6 is 15.1 Å². The molecular weight excluding hydrogens is 390 g/mol. The molecule has 2 aliphatic heterocycles. The van der Waals surface area contributed by atoms with Gasteiger partial charge in [-0.3, -0.25) is 0 Å². The van der Waals surface area contributed by atoms with Crippen molar-refractivity contribution in [1.29, 1.82) is 0 Å². The molecule has 3 rings (SSSR count). The molecule has 0 bridgehead atoms. The molecule has 2 saturated heterocycles. The van der Waals surface area contributed by atoms with Crippen LogP contribution in [0.5, 0.6) is 0 Å². The van der Waals surface area contributed by atoms with E-state index in [-0.39, 0.29) is 7.92 Å². The molecule has 2 fully saturated rings. The molecule has 0 aliphatic carbocycles. The van der Waals surface area contributed by atoms with E-state index in [1.807, 2.05) is 0 Å². The Morgan fingerprint density at radius 2 is 1.17 bits per heavy atom. The minimum absolute atomic E-state index is 0.264. The third kappa shape index (κ3) is 4.17. The lowest BCUT2D eigenvalue weighted by Crippen LogP contribution is -2.36. The molecule has 164 valence electrons. The highest BCUT2D eigenvalue weighted by Gasteiger charge is 2.51. The Kier molecular flexibility index (Phi) is 7.44. The first kappa shape index (κ1) is 23.5. The molecule has 1 aromatic carbocycles. The van der Waals surface area contributed by atoms with E-state index in [2.05, 4.69) is 79.7 Å². The second kappa shape index (κ2) is 9.17. The zero-order chi connectivity index (χ0) is 21.5. The second-order valence-corrected chi connectivity index (χ2v) is 16.9. The molecular formula is C26H44OP2. The fourth-order valence-electron chi connectivity index (χ4n) is 6.39. The summed E-state index contributed by atoms with van der Waals surface area (Å²) in [4.78, 5) is 0. The molecule has 0 amide bonds. The van der Waals surface area contributed by atoms with Gasteiger partial charge in [-0.15, -0.1) is 0 Å². The van der Waals surface area contributed by atoms with Crippen molar-refractivity contribution in [3.8, 4) is 0 Å². The van der Waals surface area contributed by atoms with Crippen LogP contribution in [0, 0.1) is 23.7 Å². The summed E-state index contributed by atoms with van der Waals surface area (Å²) >= 11 is 0. The lowest BCUT2D eigenvalue weighted by atomic mass is 10.0. The molecule has 29 heavy (non-hydrogen) atoms. The molecule has 0 aromatic heterocycles. The Morgan fingerprint density at radius 3 is 1.59 bits per heavy atom. The molecule has 0 radical (unpaired) electrons. The smallest absolute Gasteiger partial charge is 0.122 e. The monoisotopic (exact) mass is 434 g/mol. The molecule has 0 saturated carbocycles. The van der Waals surface area contributed by atoms with Crippen molar-refractivity contribution in [1.82, 2.24) is 0 Å². The molecule has 4 atom stereocenters. The van der Waals surface area contributed by atoms with Crippen LogP contribution in [-0.2, 0) is 4.57 Å². The Morgan fingerprint density at radius 1 is 0.724 bits per heavy atom. The number of hydrogen-bond donors (Lipinski definition) is 0. The van der Waals surface area contributed by atoms with Crippen LogP contribution in [0.3, 0.4) is 0 Å². The van der Waals surface area contributed by atoms with Crippen LogP contribution in [0.1, 0.15) is 81.1 Å². The SMILES string of the molecule is CC(C)C1CCC(C(C)C)P1c1ccccc1P1(=O)C(C(C)C)CCC1C(C)C. The van der Waals surface area contributed by atoms with Gasteiger partial charge in [-0.05, 0) is 66.0 Å². The Labute approximate surface area is 182 Å². The summed E-state index contributed by atoms with van der Waals surface area (Å²) in [5.41, 5.74) is 2.29. The molecule has 0 spiro atoms. The summed E-state index contributed by atoms with van der Waals surface area (Å²) in [7, 11) is -2.71. The predicted molar refractivity (Wildman–Crippen MR) is 133 cm³/mol. The van der Waals surface area contributed by atoms with Gasteiger partial charge in [0.2, 0.25) is 0 Å². The van der Waals surface area contributed by atoms with Gasteiger partial charge in [-0.2, -0.15) is 0 Å². The van der Waals surface area contributed by atoms with Crippen molar-refractivity contribution in [3.63, 3.8) is 0 Å². The van der Waals surface area contributed by atoms with E-state index in [4.69, 9.17) is 0 Å².